The van der Waals surface area contributed by atoms with Crippen molar-refractivity contribution in [2.45, 2.75) is 6.42 Å². The van der Waals surface area contributed by atoms with Gasteiger partial charge in [0.1, 0.15) is 12.1 Å². The number of carbonyl (C=O) groups excluding carboxylic acids is 1. The van der Waals surface area contributed by atoms with Gasteiger partial charge >= 0.3 is 0 Å². The summed E-state index contributed by atoms with van der Waals surface area (Å²) in [6.45, 7) is 0.514. The van der Waals surface area contributed by atoms with E-state index in [9.17, 15) is 4.79 Å². The summed E-state index contributed by atoms with van der Waals surface area (Å²) < 4.78 is 4.96. The Morgan fingerprint density at radius 2 is 2.44 bits per heavy atom. The van der Waals surface area contributed by atoms with E-state index < -0.39 is 0 Å². The van der Waals surface area contributed by atoms with Crippen molar-refractivity contribution in [3.8, 4) is 5.88 Å². The van der Waals surface area contributed by atoms with Gasteiger partial charge in [0, 0.05) is 31.6 Å². The fourth-order valence-electron chi connectivity index (χ4n) is 1.71. The number of aromatic nitrogens is 2. The van der Waals surface area contributed by atoms with Crippen LogP contribution in [-0.4, -0.2) is 41.2 Å². The quantitative estimate of drug-likeness (QED) is 0.770. The molecule has 2 rings (SSSR count). The summed E-state index contributed by atoms with van der Waals surface area (Å²) in [6.07, 6.45) is 1.72. The Balaban J connectivity index is 2.20. The Labute approximate surface area is 92.9 Å². The number of carbonyl (C=O) groups is 1. The van der Waals surface area contributed by atoms with Crippen LogP contribution in [0, 0.1) is 5.92 Å². The van der Waals surface area contributed by atoms with E-state index in [1.54, 1.807) is 11.0 Å². The Morgan fingerprint density at radius 3 is 3.06 bits per heavy atom. The molecule has 2 heterocycles. The van der Waals surface area contributed by atoms with Gasteiger partial charge in [-0.3, -0.25) is 9.69 Å². The Bertz CT molecular complexity index is 397. The third-order valence-corrected chi connectivity index (χ3v) is 2.58. The first-order valence-corrected chi connectivity index (χ1v) is 5.02. The molecule has 6 heteroatoms. The molecule has 1 aromatic rings. The maximum Gasteiger partial charge on any atom is 0.228 e. The number of rotatable bonds is 3. The fraction of sp³-hybridized carbons (Fsp3) is 0.500. The van der Waals surface area contributed by atoms with E-state index in [0.29, 0.717) is 24.7 Å². The van der Waals surface area contributed by atoms with Crippen LogP contribution in [0.25, 0.3) is 0 Å². The van der Waals surface area contributed by atoms with Gasteiger partial charge < -0.3 is 9.84 Å². The fourth-order valence-corrected chi connectivity index (χ4v) is 1.71. The van der Waals surface area contributed by atoms with E-state index in [1.807, 2.05) is 0 Å². The summed E-state index contributed by atoms with van der Waals surface area (Å²) >= 11 is 0. The third-order valence-electron chi connectivity index (χ3n) is 2.58. The van der Waals surface area contributed by atoms with Crippen molar-refractivity contribution in [2.24, 2.45) is 5.92 Å². The van der Waals surface area contributed by atoms with Crippen molar-refractivity contribution in [2.75, 3.05) is 25.2 Å². The van der Waals surface area contributed by atoms with Gasteiger partial charge in [-0.25, -0.2) is 9.97 Å². The second-order valence-corrected chi connectivity index (χ2v) is 3.68. The zero-order valence-corrected chi connectivity index (χ0v) is 8.96. The van der Waals surface area contributed by atoms with E-state index in [0.717, 1.165) is 0 Å². The van der Waals surface area contributed by atoms with E-state index in [2.05, 4.69) is 9.97 Å². The van der Waals surface area contributed by atoms with Gasteiger partial charge in [0.25, 0.3) is 0 Å². The topological polar surface area (TPSA) is 75.6 Å². The normalized spacial score (nSPS) is 20.2. The maximum absolute atomic E-state index is 11.7. The van der Waals surface area contributed by atoms with Gasteiger partial charge in [-0.15, -0.1) is 0 Å². The standard InChI is InChI=1S/C10H13N3O3/c1-16-9-3-8(11-6-12-9)13-4-7(5-14)2-10(13)15/h3,6-7,14H,2,4-5H2,1H3. The molecule has 1 amide bonds. The van der Waals surface area contributed by atoms with Crippen LogP contribution in [0.4, 0.5) is 5.82 Å². The lowest BCUT2D eigenvalue weighted by Crippen LogP contribution is -2.25. The van der Waals surface area contributed by atoms with Crippen LogP contribution in [0.15, 0.2) is 12.4 Å². The molecule has 0 spiro atoms. The molecule has 1 aliphatic rings. The number of aliphatic hydroxyl groups is 1. The molecule has 0 bridgehead atoms. The molecular formula is C10H13N3O3. The molecule has 0 aliphatic carbocycles. The van der Waals surface area contributed by atoms with Crippen LogP contribution >= 0.6 is 0 Å². The number of amides is 1. The first-order valence-electron chi connectivity index (χ1n) is 5.02. The Hall–Kier alpha value is -1.69. The lowest BCUT2D eigenvalue weighted by atomic mass is 10.1. The molecule has 1 atom stereocenters. The summed E-state index contributed by atoms with van der Waals surface area (Å²) in [6, 6.07) is 1.61. The average molecular weight is 223 g/mol. The van der Waals surface area contributed by atoms with Crippen LogP contribution in [0.1, 0.15) is 6.42 Å². The van der Waals surface area contributed by atoms with Crippen molar-refractivity contribution in [3.63, 3.8) is 0 Å². The van der Waals surface area contributed by atoms with E-state index in [4.69, 9.17) is 9.84 Å². The van der Waals surface area contributed by atoms with Crippen LogP contribution < -0.4 is 9.64 Å². The number of methoxy groups -OCH3 is 1. The molecule has 1 N–H and O–H groups in total. The van der Waals surface area contributed by atoms with Gasteiger partial charge in [-0.1, -0.05) is 0 Å². The summed E-state index contributed by atoms with van der Waals surface area (Å²) in [5.74, 6) is 0.909. The third kappa shape index (κ3) is 1.96. The van der Waals surface area contributed by atoms with E-state index in [1.165, 1.54) is 13.4 Å². The summed E-state index contributed by atoms with van der Waals surface area (Å²) in [4.78, 5) is 21.1. The molecule has 1 aromatic heterocycles. The number of anilines is 1. The highest BCUT2D eigenvalue weighted by Crippen LogP contribution is 2.24. The molecule has 16 heavy (non-hydrogen) atoms. The largest absolute Gasteiger partial charge is 0.481 e. The minimum absolute atomic E-state index is 0.00606. The minimum atomic E-state index is -0.0280. The zero-order chi connectivity index (χ0) is 11.5. The second-order valence-electron chi connectivity index (χ2n) is 3.68. The van der Waals surface area contributed by atoms with Crippen molar-refractivity contribution < 1.29 is 14.6 Å². The predicted molar refractivity (Wildman–Crippen MR) is 56.1 cm³/mol. The van der Waals surface area contributed by atoms with Gasteiger partial charge in [-0.2, -0.15) is 0 Å². The van der Waals surface area contributed by atoms with Crippen LogP contribution in [0.5, 0.6) is 5.88 Å². The highest BCUT2D eigenvalue weighted by molar-refractivity contribution is 5.94. The SMILES string of the molecule is COc1cc(N2CC(CO)CC2=O)ncn1. The number of hydrogen-bond donors (Lipinski definition) is 1. The Morgan fingerprint density at radius 1 is 1.62 bits per heavy atom. The average Bonchev–Trinajstić information content (AvgIpc) is 2.71. The van der Waals surface area contributed by atoms with Crippen molar-refractivity contribution in [1.29, 1.82) is 0 Å². The number of aliphatic hydroxyl groups excluding tert-OH is 1. The lowest BCUT2D eigenvalue weighted by Gasteiger charge is -2.15. The molecule has 1 unspecified atom stereocenters. The lowest BCUT2D eigenvalue weighted by molar-refractivity contribution is -0.117. The highest BCUT2D eigenvalue weighted by atomic mass is 16.5. The molecule has 1 aliphatic heterocycles. The van der Waals surface area contributed by atoms with Crippen molar-refractivity contribution >= 4 is 11.7 Å². The van der Waals surface area contributed by atoms with Gasteiger partial charge in [0.15, 0.2) is 0 Å². The first-order chi connectivity index (χ1) is 7.74. The van der Waals surface area contributed by atoms with Crippen molar-refractivity contribution in [1.82, 2.24) is 9.97 Å². The van der Waals surface area contributed by atoms with Crippen LogP contribution in [0.2, 0.25) is 0 Å². The molecule has 86 valence electrons. The summed E-state index contributed by atoms with van der Waals surface area (Å²) in [5, 5.41) is 9.01. The predicted octanol–water partition coefficient (Wildman–Crippen LogP) is -0.170. The molecule has 0 aromatic carbocycles. The van der Waals surface area contributed by atoms with Gasteiger partial charge in [0.2, 0.25) is 11.8 Å². The van der Waals surface area contributed by atoms with E-state index >= 15 is 0 Å². The van der Waals surface area contributed by atoms with Crippen molar-refractivity contribution in [3.05, 3.63) is 12.4 Å². The summed E-state index contributed by atoms with van der Waals surface area (Å²) in [5.41, 5.74) is 0. The maximum atomic E-state index is 11.7. The first kappa shape index (κ1) is 10.8. The highest BCUT2D eigenvalue weighted by Gasteiger charge is 2.30. The van der Waals surface area contributed by atoms with Crippen LogP contribution in [-0.2, 0) is 4.79 Å². The molecular weight excluding hydrogens is 210 g/mol. The monoisotopic (exact) mass is 223 g/mol. The summed E-state index contributed by atoms with van der Waals surface area (Å²) in [7, 11) is 1.51. The second kappa shape index (κ2) is 4.44. The zero-order valence-electron chi connectivity index (χ0n) is 8.96. The number of nitrogens with zero attached hydrogens (tertiary/aromatic N) is 3. The molecule has 1 fully saturated rings. The Kier molecular flexibility index (Phi) is 3.00. The molecule has 1 saturated heterocycles. The number of hydrogen-bond acceptors (Lipinski definition) is 5. The minimum Gasteiger partial charge on any atom is -0.481 e. The van der Waals surface area contributed by atoms with Crippen LogP contribution in [0.3, 0.4) is 0 Å². The molecule has 0 radical (unpaired) electrons. The van der Waals surface area contributed by atoms with Gasteiger partial charge in [-0.05, 0) is 0 Å². The number of ether oxygens (including phenoxy) is 1. The molecule has 0 saturated carbocycles. The molecule has 6 nitrogen and oxygen atoms in total. The van der Waals surface area contributed by atoms with E-state index in [-0.39, 0.29) is 18.4 Å². The van der Waals surface area contributed by atoms with Gasteiger partial charge in [0.05, 0.1) is 7.11 Å². The smallest absolute Gasteiger partial charge is 0.228 e.